The lowest BCUT2D eigenvalue weighted by Gasteiger charge is -1.87. The highest BCUT2D eigenvalue weighted by molar-refractivity contribution is 7.89. The summed E-state index contributed by atoms with van der Waals surface area (Å²) < 4.78 is 9.56. The van der Waals surface area contributed by atoms with Crippen LogP contribution in [0.15, 0.2) is 0 Å². The van der Waals surface area contributed by atoms with Crippen LogP contribution in [0.25, 0.3) is 0 Å². The van der Waals surface area contributed by atoms with Gasteiger partial charge in [0, 0.05) is 0 Å². The van der Waals surface area contributed by atoms with Crippen molar-refractivity contribution in [1.29, 1.82) is 0 Å². The van der Waals surface area contributed by atoms with Crippen LogP contribution in [-0.2, 0) is 11.2 Å². The number of nitroso groups, excluding NO2 is 1. The topological polar surface area (TPSA) is 62.4 Å². The molecule has 0 heterocycles. The maximum absolute atomic E-state index is 9.56. The highest BCUT2D eigenvalue weighted by Crippen LogP contribution is 1.61. The Hall–Kier alpha value is -0.0900. The predicted molar refractivity (Wildman–Crippen MR) is 25.5 cm³/mol. The van der Waals surface area contributed by atoms with Crippen molar-refractivity contribution in [3.05, 3.63) is 4.91 Å². The zero-order valence-corrected chi connectivity index (χ0v) is 4.49. The van der Waals surface area contributed by atoms with Gasteiger partial charge in [0.2, 0.25) is 0 Å². The van der Waals surface area contributed by atoms with E-state index in [9.17, 15) is 4.55 Å². The van der Waals surface area contributed by atoms with E-state index in [1.54, 1.807) is 12.5 Å². The molecule has 1 radical (unpaired) electrons. The van der Waals surface area contributed by atoms with Crippen molar-refractivity contribution in [3.8, 4) is 0 Å². The molecule has 0 aromatic carbocycles. The van der Waals surface area contributed by atoms with Crippen LogP contribution in [0.4, 0.5) is 0 Å². The van der Waals surface area contributed by atoms with Crippen molar-refractivity contribution < 1.29 is 4.55 Å². The molecular formula is C2H6NO2S. The maximum atomic E-state index is 9.56. The van der Waals surface area contributed by atoms with Gasteiger partial charge < -0.3 is 4.55 Å². The summed E-state index contributed by atoms with van der Waals surface area (Å²) in [7, 11) is 0. The molecule has 0 aromatic heterocycles. The summed E-state index contributed by atoms with van der Waals surface area (Å²) in [4.78, 5) is 7.25. The molecule has 0 amide bonds. The molecule has 4 heteroatoms. The van der Waals surface area contributed by atoms with E-state index in [-0.39, 0.29) is 0 Å². The Morgan fingerprint density at radius 2 is 1.50 bits per heavy atom. The van der Waals surface area contributed by atoms with Gasteiger partial charge in [0.15, 0.2) is 0 Å². The van der Waals surface area contributed by atoms with Gasteiger partial charge in [0.05, 0.1) is 12.5 Å². The zero-order chi connectivity index (χ0) is 5.58. The van der Waals surface area contributed by atoms with Gasteiger partial charge in [-0.25, -0.2) is 0 Å². The van der Waals surface area contributed by atoms with Gasteiger partial charge in [0.25, 0.3) is 0 Å². The van der Waals surface area contributed by atoms with E-state index in [1.807, 2.05) is 0 Å². The van der Waals surface area contributed by atoms with Gasteiger partial charge in [-0.2, -0.15) is 0 Å². The minimum atomic E-state index is -0.611. The number of rotatable bonds is 0. The molecule has 0 unspecified atom stereocenters. The van der Waals surface area contributed by atoms with E-state index in [0.717, 1.165) is 0 Å². The summed E-state index contributed by atoms with van der Waals surface area (Å²) in [5.74, 6) is 0. The summed E-state index contributed by atoms with van der Waals surface area (Å²) in [5, 5.41) is 0. The first kappa shape index (κ1) is 9.32. The number of hydrogen-bond donors (Lipinski definition) is 0. The standard InChI is InChI=1S/C2H6OS.NO/c1-4(2)3;1-2/h1-2H3;. The third kappa shape index (κ3) is 4090. The van der Waals surface area contributed by atoms with Gasteiger partial charge in [-0.1, -0.05) is 11.2 Å². The molecule has 6 heavy (non-hydrogen) atoms. The van der Waals surface area contributed by atoms with Crippen molar-refractivity contribution in [2.45, 2.75) is 0 Å². The van der Waals surface area contributed by atoms with Crippen molar-refractivity contribution in [2.75, 3.05) is 12.5 Å². The van der Waals surface area contributed by atoms with E-state index >= 15 is 0 Å². The Kier molecular flexibility index (Phi) is 13.8. The van der Waals surface area contributed by atoms with Crippen molar-refractivity contribution in [2.24, 2.45) is 0 Å². The Morgan fingerprint density at radius 1 is 1.50 bits per heavy atom. The Morgan fingerprint density at radius 3 is 1.50 bits per heavy atom. The molecule has 3 nitrogen and oxygen atoms in total. The third-order valence-electron chi connectivity index (χ3n) is 0. The van der Waals surface area contributed by atoms with Crippen LogP contribution in [-0.4, -0.2) is 17.1 Å². The van der Waals surface area contributed by atoms with Crippen LogP contribution >= 0.6 is 0 Å². The zero-order valence-electron chi connectivity index (χ0n) is 3.67. The van der Waals surface area contributed by atoms with Crippen LogP contribution in [0.1, 0.15) is 0 Å². The van der Waals surface area contributed by atoms with Gasteiger partial charge in [-0.05, 0) is 0 Å². The van der Waals surface area contributed by atoms with Crippen LogP contribution in [0.3, 0.4) is 0 Å². The first-order valence-corrected chi connectivity index (χ1v) is 3.13. The number of hydrogen-bond acceptors (Lipinski definition) is 2. The summed E-state index contributed by atoms with van der Waals surface area (Å²) in [5.41, 5.74) is 5.75. The molecule has 0 aliphatic heterocycles. The molecule has 37 valence electrons. The Balaban J connectivity index is 0. The summed E-state index contributed by atoms with van der Waals surface area (Å²) >= 11 is -0.611. The Labute approximate surface area is 39.7 Å². The number of nitrogens with zero attached hydrogens (tertiary/aromatic N) is 1. The molecule has 0 bridgehead atoms. The average Bonchev–Trinajstić information content (AvgIpc) is 1.41. The molecule has 0 fully saturated rings. The molecule has 0 atom stereocenters. The minimum absolute atomic E-state index is 0.611. The SMILES string of the molecule is C[S+](C)[O-].[N]=O. The molecule has 0 aliphatic rings. The summed E-state index contributed by atoms with van der Waals surface area (Å²) in [6.07, 6.45) is 3.28. The molecule has 0 saturated carbocycles. The van der Waals surface area contributed by atoms with Gasteiger partial charge in [0.1, 0.15) is 5.59 Å². The van der Waals surface area contributed by atoms with Gasteiger partial charge >= 0.3 is 0 Å². The van der Waals surface area contributed by atoms with Crippen LogP contribution in [0, 0.1) is 4.91 Å². The fourth-order valence-corrected chi connectivity index (χ4v) is 0. The lowest BCUT2D eigenvalue weighted by atomic mass is 11.9. The quantitative estimate of drug-likeness (QED) is 0.394. The van der Waals surface area contributed by atoms with Crippen LogP contribution in [0.5, 0.6) is 0 Å². The largest absolute Gasteiger partial charge is 0.617 e. The monoisotopic (exact) mass is 108 g/mol. The fourth-order valence-electron chi connectivity index (χ4n) is 0. The van der Waals surface area contributed by atoms with E-state index in [1.165, 1.54) is 0 Å². The van der Waals surface area contributed by atoms with Crippen molar-refractivity contribution in [1.82, 2.24) is 5.59 Å². The molecule has 0 rings (SSSR count). The van der Waals surface area contributed by atoms with E-state index in [0.29, 0.717) is 0 Å². The van der Waals surface area contributed by atoms with Crippen LogP contribution in [0.2, 0.25) is 0 Å². The molecule has 0 saturated heterocycles. The highest BCUT2D eigenvalue weighted by atomic mass is 32.2. The molecule has 0 aliphatic carbocycles. The normalized spacial score (nSPS) is 6.67. The molecule has 0 aromatic rings. The lowest BCUT2D eigenvalue weighted by Crippen LogP contribution is -1.86. The predicted octanol–water partition coefficient (Wildman–Crippen LogP) is -0.452. The average molecular weight is 108 g/mol. The third-order valence-corrected chi connectivity index (χ3v) is 0. The van der Waals surface area contributed by atoms with E-state index in [4.69, 9.17) is 10.5 Å². The first-order valence-electron chi connectivity index (χ1n) is 1.17. The van der Waals surface area contributed by atoms with Crippen LogP contribution < -0.4 is 5.59 Å². The minimum Gasteiger partial charge on any atom is -0.617 e. The van der Waals surface area contributed by atoms with E-state index < -0.39 is 11.2 Å². The summed E-state index contributed by atoms with van der Waals surface area (Å²) in [6, 6.07) is 0. The molecule has 0 N–H and O–H groups in total. The molecule has 0 spiro atoms. The second-order valence-corrected chi connectivity index (χ2v) is 2.22. The van der Waals surface area contributed by atoms with Crippen molar-refractivity contribution >= 4 is 11.2 Å². The molecular weight excluding hydrogens is 102 g/mol. The second kappa shape index (κ2) is 8.86. The van der Waals surface area contributed by atoms with E-state index in [2.05, 4.69) is 0 Å². The Bertz CT molecular complexity index is 22.8. The summed E-state index contributed by atoms with van der Waals surface area (Å²) in [6.45, 7) is 0. The van der Waals surface area contributed by atoms with Gasteiger partial charge in [-0.3, -0.25) is 0 Å². The smallest absolute Gasteiger partial charge is 0.120 e. The highest BCUT2D eigenvalue weighted by Gasteiger charge is 1.66. The fraction of sp³-hybridized carbons (Fsp3) is 1.00. The van der Waals surface area contributed by atoms with Gasteiger partial charge in [-0.15, -0.1) is 4.91 Å². The maximum Gasteiger partial charge on any atom is 0.120 e. The first-order chi connectivity index (χ1) is 2.73. The van der Waals surface area contributed by atoms with Crippen molar-refractivity contribution in [3.63, 3.8) is 0 Å². The lowest BCUT2D eigenvalue weighted by molar-refractivity contribution is 0.606. The second-order valence-electron chi connectivity index (χ2n) is 0.742.